The van der Waals surface area contributed by atoms with Crippen LogP contribution in [0.4, 0.5) is 0 Å². The smallest absolute Gasteiger partial charge is 0.0938 e. The summed E-state index contributed by atoms with van der Waals surface area (Å²) in [5.41, 5.74) is 0.498. The highest BCUT2D eigenvalue weighted by molar-refractivity contribution is 9.10. The van der Waals surface area contributed by atoms with Crippen molar-refractivity contribution in [2.24, 2.45) is 5.41 Å². The minimum Gasteiger partial charge on any atom is -0.385 e. The van der Waals surface area contributed by atoms with Gasteiger partial charge in [-0.1, -0.05) is 46.3 Å². The molecule has 0 amide bonds. The molecule has 2 fully saturated rings. The number of rotatable bonds is 2. The van der Waals surface area contributed by atoms with Gasteiger partial charge < -0.3 is 5.11 Å². The third-order valence-corrected chi connectivity index (χ3v) is 5.36. The summed E-state index contributed by atoms with van der Waals surface area (Å²) in [6.45, 7) is 1.94. The van der Waals surface area contributed by atoms with Crippen molar-refractivity contribution in [1.29, 1.82) is 0 Å². The van der Waals surface area contributed by atoms with Crippen molar-refractivity contribution in [2.75, 3.05) is 0 Å². The van der Waals surface area contributed by atoms with Gasteiger partial charge in [0.05, 0.1) is 5.60 Å². The molecule has 0 aliphatic heterocycles. The Morgan fingerprint density at radius 2 is 1.79 bits per heavy atom. The zero-order chi connectivity index (χ0) is 10.0. The summed E-state index contributed by atoms with van der Waals surface area (Å²) in [5, 5.41) is 10.6. The maximum absolute atomic E-state index is 10.6. The molecule has 1 aromatic carbocycles. The van der Waals surface area contributed by atoms with Gasteiger partial charge in [0.2, 0.25) is 0 Å². The number of benzene rings is 1. The van der Waals surface area contributed by atoms with Gasteiger partial charge in [-0.3, -0.25) is 0 Å². The van der Waals surface area contributed by atoms with Crippen molar-refractivity contribution in [1.82, 2.24) is 0 Å². The number of alkyl halides is 1. The van der Waals surface area contributed by atoms with Gasteiger partial charge in [0.1, 0.15) is 0 Å². The Morgan fingerprint density at radius 1 is 1.29 bits per heavy atom. The maximum Gasteiger partial charge on any atom is 0.0938 e. The van der Waals surface area contributed by atoms with Gasteiger partial charge in [0.15, 0.2) is 0 Å². The van der Waals surface area contributed by atoms with Crippen LogP contribution in [-0.4, -0.2) is 9.43 Å². The Bertz CT molecular complexity index is 377. The summed E-state index contributed by atoms with van der Waals surface area (Å²) >= 11 is 3.69. The molecule has 2 aliphatic carbocycles. The topological polar surface area (TPSA) is 20.2 Å². The number of halogens is 1. The predicted molar refractivity (Wildman–Crippen MR) is 59.3 cm³/mol. The molecular formula is C12H13BrO. The molecule has 0 heterocycles. The Balaban J connectivity index is 1.99. The van der Waals surface area contributed by atoms with E-state index < -0.39 is 5.60 Å². The van der Waals surface area contributed by atoms with Crippen LogP contribution < -0.4 is 0 Å². The van der Waals surface area contributed by atoms with Crippen molar-refractivity contribution in [2.45, 2.75) is 29.7 Å². The van der Waals surface area contributed by atoms with E-state index >= 15 is 0 Å². The first-order valence-electron chi connectivity index (χ1n) is 4.99. The second kappa shape index (κ2) is 2.25. The van der Waals surface area contributed by atoms with Crippen LogP contribution in [0.5, 0.6) is 0 Å². The second-order valence-corrected chi connectivity index (χ2v) is 6.36. The molecule has 1 nitrogen and oxygen atoms in total. The molecule has 0 saturated heterocycles. The summed E-state index contributed by atoms with van der Waals surface area (Å²) < 4.78 is 0.263. The monoisotopic (exact) mass is 252 g/mol. The summed E-state index contributed by atoms with van der Waals surface area (Å²) in [4.78, 5) is 0. The molecule has 0 aromatic heterocycles. The summed E-state index contributed by atoms with van der Waals surface area (Å²) in [5.74, 6) is 0. The van der Waals surface area contributed by atoms with E-state index in [2.05, 4.69) is 15.9 Å². The van der Waals surface area contributed by atoms with Crippen LogP contribution in [0.1, 0.15) is 25.3 Å². The van der Waals surface area contributed by atoms with Crippen LogP contribution in [0.25, 0.3) is 0 Å². The van der Waals surface area contributed by atoms with E-state index in [0.717, 1.165) is 18.4 Å². The molecule has 1 aromatic rings. The van der Waals surface area contributed by atoms with E-state index in [1.165, 1.54) is 0 Å². The average Bonchev–Trinajstić information content (AvgIpc) is 2.92. The normalized spacial score (nSPS) is 42.5. The van der Waals surface area contributed by atoms with Crippen molar-refractivity contribution < 1.29 is 5.11 Å². The highest BCUT2D eigenvalue weighted by Crippen LogP contribution is 2.88. The molecule has 2 aliphatic rings. The van der Waals surface area contributed by atoms with Gasteiger partial charge in [0.25, 0.3) is 0 Å². The molecule has 74 valence electrons. The van der Waals surface area contributed by atoms with Crippen LogP contribution in [-0.2, 0) is 5.60 Å². The largest absolute Gasteiger partial charge is 0.385 e. The van der Waals surface area contributed by atoms with Crippen LogP contribution in [0.2, 0.25) is 0 Å². The summed E-state index contributed by atoms with van der Waals surface area (Å²) in [7, 11) is 0. The van der Waals surface area contributed by atoms with Crippen LogP contribution in [0.15, 0.2) is 30.3 Å². The third kappa shape index (κ3) is 0.842. The Hall–Kier alpha value is -0.340. The van der Waals surface area contributed by atoms with E-state index in [9.17, 15) is 5.11 Å². The number of fused-ring (bicyclic) bond motifs is 1. The summed E-state index contributed by atoms with van der Waals surface area (Å²) in [6.07, 6.45) is 2.23. The Kier molecular flexibility index (Phi) is 1.43. The van der Waals surface area contributed by atoms with Crippen LogP contribution in [0.3, 0.4) is 0 Å². The van der Waals surface area contributed by atoms with Gasteiger partial charge in [-0.2, -0.15) is 0 Å². The molecule has 3 rings (SSSR count). The predicted octanol–water partition coefficient (Wildman–Crippen LogP) is 2.82. The van der Waals surface area contributed by atoms with Gasteiger partial charge in [-0.05, 0) is 25.3 Å². The van der Waals surface area contributed by atoms with Gasteiger partial charge >= 0.3 is 0 Å². The first-order valence-corrected chi connectivity index (χ1v) is 5.78. The van der Waals surface area contributed by atoms with Crippen molar-refractivity contribution in [3.8, 4) is 0 Å². The molecule has 1 atom stereocenters. The van der Waals surface area contributed by atoms with Gasteiger partial charge in [-0.15, -0.1) is 0 Å². The second-order valence-electron chi connectivity index (χ2n) is 4.84. The first kappa shape index (κ1) is 8.93. The van der Waals surface area contributed by atoms with Crippen molar-refractivity contribution in [3.63, 3.8) is 0 Å². The number of hydrogen-bond acceptors (Lipinski definition) is 1. The zero-order valence-electron chi connectivity index (χ0n) is 8.13. The molecule has 0 radical (unpaired) electrons. The van der Waals surface area contributed by atoms with E-state index in [4.69, 9.17) is 0 Å². The molecule has 1 unspecified atom stereocenters. The van der Waals surface area contributed by atoms with Crippen molar-refractivity contribution >= 4 is 15.9 Å². The molecule has 2 heteroatoms. The highest BCUT2D eigenvalue weighted by Gasteiger charge is 2.88. The lowest BCUT2D eigenvalue weighted by molar-refractivity contribution is 0.00650. The molecule has 2 saturated carbocycles. The Labute approximate surface area is 92.3 Å². The Morgan fingerprint density at radius 3 is 2.21 bits per heavy atom. The third-order valence-electron chi connectivity index (χ3n) is 4.04. The fourth-order valence-corrected chi connectivity index (χ4v) is 3.98. The molecule has 14 heavy (non-hydrogen) atoms. The minimum absolute atomic E-state index is 0.126. The molecular weight excluding hydrogens is 240 g/mol. The van der Waals surface area contributed by atoms with Gasteiger partial charge in [-0.25, -0.2) is 0 Å². The fourth-order valence-electron chi connectivity index (χ4n) is 2.64. The molecule has 1 N–H and O–H groups in total. The van der Waals surface area contributed by atoms with Crippen molar-refractivity contribution in [3.05, 3.63) is 35.9 Å². The van der Waals surface area contributed by atoms with Gasteiger partial charge in [0, 0.05) is 9.74 Å². The lowest BCUT2D eigenvalue weighted by Crippen LogP contribution is -2.28. The van der Waals surface area contributed by atoms with E-state index in [1.54, 1.807) is 0 Å². The highest BCUT2D eigenvalue weighted by atomic mass is 79.9. The average molecular weight is 253 g/mol. The standard InChI is InChI=1S/C12H13BrO/c1-10(14,9-5-3-2-4-6-9)11-7-12(11,13)8-11/h2-6,14H,7-8H2,1H3. The lowest BCUT2D eigenvalue weighted by Gasteiger charge is -2.27. The van der Waals surface area contributed by atoms with E-state index in [-0.39, 0.29) is 9.74 Å². The first-order chi connectivity index (χ1) is 6.52. The fraction of sp³-hybridized carbons (Fsp3) is 0.500. The SMILES string of the molecule is CC(O)(c1ccccc1)C12CC1(Br)C2. The molecule has 0 bridgehead atoms. The molecule has 0 spiro atoms. The quantitative estimate of drug-likeness (QED) is 0.803. The van der Waals surface area contributed by atoms with Crippen LogP contribution in [0, 0.1) is 5.41 Å². The summed E-state index contributed by atoms with van der Waals surface area (Å²) in [6, 6.07) is 9.98. The van der Waals surface area contributed by atoms with E-state index in [0.29, 0.717) is 0 Å². The minimum atomic E-state index is -0.669. The maximum atomic E-state index is 10.6. The lowest BCUT2D eigenvalue weighted by atomic mass is 9.85. The number of aliphatic hydroxyl groups is 1. The van der Waals surface area contributed by atoms with Crippen LogP contribution >= 0.6 is 15.9 Å². The zero-order valence-corrected chi connectivity index (χ0v) is 9.71. The number of hydrogen-bond donors (Lipinski definition) is 1. The van der Waals surface area contributed by atoms with E-state index in [1.807, 2.05) is 37.3 Å².